The van der Waals surface area contributed by atoms with Crippen molar-refractivity contribution in [3.05, 3.63) is 65.2 Å². The Labute approximate surface area is 101 Å². The van der Waals surface area contributed by atoms with Gasteiger partial charge in [0.1, 0.15) is 0 Å². The normalized spacial score (nSPS) is 10.5. The van der Waals surface area contributed by atoms with Crippen LogP contribution in [0.25, 0.3) is 0 Å². The lowest BCUT2D eigenvalue weighted by atomic mass is 10.0. The van der Waals surface area contributed by atoms with Crippen LogP contribution in [0.3, 0.4) is 0 Å². The largest absolute Gasteiger partial charge is 0.228 e. The van der Waals surface area contributed by atoms with E-state index in [-0.39, 0.29) is 0 Å². The highest BCUT2D eigenvalue weighted by Crippen LogP contribution is 2.09. The standard InChI is InChI=1S/C15H16FN/c1-2-12-3-5-13(6-4-12)7-8-14-9-10-15(16)17-11-14/h3-6,9-11H,2,7-8H2,1H3. The van der Waals surface area contributed by atoms with Gasteiger partial charge in [-0.25, -0.2) is 4.98 Å². The molecule has 0 aliphatic heterocycles. The second kappa shape index (κ2) is 5.58. The maximum absolute atomic E-state index is 12.6. The zero-order valence-electron chi connectivity index (χ0n) is 9.99. The molecule has 0 N–H and O–H groups in total. The molecule has 0 amide bonds. The number of pyridine rings is 1. The van der Waals surface area contributed by atoms with E-state index in [1.165, 1.54) is 17.2 Å². The maximum atomic E-state index is 12.6. The Morgan fingerprint density at radius 3 is 2.06 bits per heavy atom. The molecule has 1 nitrogen and oxygen atoms in total. The van der Waals surface area contributed by atoms with Gasteiger partial charge in [-0.15, -0.1) is 0 Å². The van der Waals surface area contributed by atoms with Gasteiger partial charge in [-0.2, -0.15) is 4.39 Å². The lowest BCUT2D eigenvalue weighted by Gasteiger charge is -2.03. The van der Waals surface area contributed by atoms with Crippen molar-refractivity contribution in [1.82, 2.24) is 4.98 Å². The van der Waals surface area contributed by atoms with Gasteiger partial charge in [-0.3, -0.25) is 0 Å². The molecule has 88 valence electrons. The lowest BCUT2D eigenvalue weighted by molar-refractivity contribution is 0.582. The molecule has 0 saturated carbocycles. The van der Waals surface area contributed by atoms with Crippen LogP contribution in [0.5, 0.6) is 0 Å². The minimum Gasteiger partial charge on any atom is -0.228 e. The average molecular weight is 229 g/mol. The first kappa shape index (κ1) is 11.8. The minimum atomic E-state index is -0.416. The van der Waals surface area contributed by atoms with Crippen molar-refractivity contribution >= 4 is 0 Å². The molecule has 2 rings (SSSR count). The molecule has 2 heteroatoms. The summed E-state index contributed by atoms with van der Waals surface area (Å²) in [5, 5.41) is 0. The van der Waals surface area contributed by atoms with Crippen LogP contribution in [0, 0.1) is 5.95 Å². The molecule has 0 bridgehead atoms. The van der Waals surface area contributed by atoms with E-state index in [1.54, 1.807) is 12.3 Å². The molecule has 1 heterocycles. The number of aryl methyl sites for hydroxylation is 3. The van der Waals surface area contributed by atoms with Gasteiger partial charge in [0.2, 0.25) is 5.95 Å². The van der Waals surface area contributed by atoms with E-state index in [1.807, 2.05) is 0 Å². The second-order valence-electron chi connectivity index (χ2n) is 4.16. The summed E-state index contributed by atoms with van der Waals surface area (Å²) in [6.07, 6.45) is 4.55. The molecule has 1 aromatic carbocycles. The number of aromatic nitrogens is 1. The SMILES string of the molecule is CCc1ccc(CCc2ccc(F)nc2)cc1. The first-order valence-corrected chi connectivity index (χ1v) is 5.96. The predicted molar refractivity (Wildman–Crippen MR) is 67.4 cm³/mol. The fraction of sp³-hybridized carbons (Fsp3) is 0.267. The van der Waals surface area contributed by atoms with E-state index in [0.29, 0.717) is 0 Å². The highest BCUT2D eigenvalue weighted by atomic mass is 19.1. The van der Waals surface area contributed by atoms with Gasteiger partial charge in [-0.1, -0.05) is 37.3 Å². The summed E-state index contributed by atoms with van der Waals surface area (Å²) in [5.74, 6) is -0.416. The van der Waals surface area contributed by atoms with Gasteiger partial charge >= 0.3 is 0 Å². The monoisotopic (exact) mass is 229 g/mol. The first-order valence-electron chi connectivity index (χ1n) is 5.96. The van der Waals surface area contributed by atoms with Crippen molar-refractivity contribution < 1.29 is 4.39 Å². The third-order valence-corrected chi connectivity index (χ3v) is 2.92. The summed E-state index contributed by atoms with van der Waals surface area (Å²) in [4.78, 5) is 3.65. The Hall–Kier alpha value is -1.70. The molecule has 0 aliphatic carbocycles. The van der Waals surface area contributed by atoms with Crippen LogP contribution >= 0.6 is 0 Å². The molecule has 0 unspecified atom stereocenters. The van der Waals surface area contributed by atoms with E-state index in [0.717, 1.165) is 24.8 Å². The fourth-order valence-electron chi connectivity index (χ4n) is 1.78. The summed E-state index contributed by atoms with van der Waals surface area (Å²) in [5.41, 5.74) is 3.75. The third-order valence-electron chi connectivity index (χ3n) is 2.92. The number of nitrogens with zero attached hydrogens (tertiary/aromatic N) is 1. The quantitative estimate of drug-likeness (QED) is 0.730. The Bertz CT molecular complexity index is 459. The summed E-state index contributed by atoms with van der Waals surface area (Å²) in [6, 6.07) is 11.9. The number of rotatable bonds is 4. The molecule has 2 aromatic rings. The molecule has 0 aliphatic rings. The van der Waals surface area contributed by atoms with Crippen molar-refractivity contribution in [3.8, 4) is 0 Å². The Kier molecular flexibility index (Phi) is 3.86. The second-order valence-corrected chi connectivity index (χ2v) is 4.16. The topological polar surface area (TPSA) is 12.9 Å². The first-order chi connectivity index (χ1) is 8.28. The zero-order chi connectivity index (χ0) is 12.1. The van der Waals surface area contributed by atoms with Crippen molar-refractivity contribution in [3.63, 3.8) is 0 Å². The van der Waals surface area contributed by atoms with Gasteiger partial charge in [-0.05, 0) is 42.0 Å². The van der Waals surface area contributed by atoms with E-state index in [9.17, 15) is 4.39 Å². The maximum Gasteiger partial charge on any atom is 0.212 e. The number of hydrogen-bond acceptors (Lipinski definition) is 1. The molecule has 0 spiro atoms. The van der Waals surface area contributed by atoms with Gasteiger partial charge in [0, 0.05) is 6.20 Å². The summed E-state index contributed by atoms with van der Waals surface area (Å²) in [7, 11) is 0. The van der Waals surface area contributed by atoms with Crippen LogP contribution in [-0.2, 0) is 19.3 Å². The van der Waals surface area contributed by atoms with E-state index < -0.39 is 5.95 Å². The Balaban J connectivity index is 1.95. The van der Waals surface area contributed by atoms with Gasteiger partial charge < -0.3 is 0 Å². The molecule has 0 fully saturated rings. The zero-order valence-corrected chi connectivity index (χ0v) is 9.99. The highest BCUT2D eigenvalue weighted by Gasteiger charge is 1.97. The van der Waals surface area contributed by atoms with E-state index >= 15 is 0 Å². The highest BCUT2D eigenvalue weighted by molar-refractivity contribution is 5.23. The van der Waals surface area contributed by atoms with Crippen molar-refractivity contribution in [2.45, 2.75) is 26.2 Å². The summed E-state index contributed by atoms with van der Waals surface area (Å²) < 4.78 is 12.6. The Morgan fingerprint density at radius 2 is 1.47 bits per heavy atom. The van der Waals surface area contributed by atoms with Gasteiger partial charge in [0.25, 0.3) is 0 Å². The van der Waals surface area contributed by atoms with Crippen LogP contribution in [0.15, 0.2) is 42.6 Å². The smallest absolute Gasteiger partial charge is 0.212 e. The molecular formula is C15H16FN. The lowest BCUT2D eigenvalue weighted by Crippen LogP contribution is -1.93. The van der Waals surface area contributed by atoms with E-state index in [4.69, 9.17) is 0 Å². The van der Waals surface area contributed by atoms with Crippen LogP contribution in [0.4, 0.5) is 4.39 Å². The molecule has 0 saturated heterocycles. The van der Waals surface area contributed by atoms with Gasteiger partial charge in [0.05, 0.1) is 0 Å². The van der Waals surface area contributed by atoms with Crippen molar-refractivity contribution in [2.75, 3.05) is 0 Å². The van der Waals surface area contributed by atoms with Crippen LogP contribution in [0.1, 0.15) is 23.6 Å². The van der Waals surface area contributed by atoms with Crippen LogP contribution in [0.2, 0.25) is 0 Å². The summed E-state index contributed by atoms with van der Waals surface area (Å²) in [6.45, 7) is 2.15. The molecular weight excluding hydrogens is 213 g/mol. The van der Waals surface area contributed by atoms with Crippen LogP contribution in [-0.4, -0.2) is 4.98 Å². The number of halogens is 1. The van der Waals surface area contributed by atoms with Crippen LogP contribution < -0.4 is 0 Å². The fourth-order valence-corrected chi connectivity index (χ4v) is 1.78. The predicted octanol–water partition coefficient (Wildman–Crippen LogP) is 3.57. The van der Waals surface area contributed by atoms with Gasteiger partial charge in [0.15, 0.2) is 0 Å². The molecule has 0 atom stereocenters. The Morgan fingerprint density at radius 1 is 0.882 bits per heavy atom. The molecule has 17 heavy (non-hydrogen) atoms. The minimum absolute atomic E-state index is 0.416. The molecule has 1 aromatic heterocycles. The van der Waals surface area contributed by atoms with Crippen molar-refractivity contribution in [1.29, 1.82) is 0 Å². The summed E-state index contributed by atoms with van der Waals surface area (Å²) >= 11 is 0. The molecule has 0 radical (unpaired) electrons. The van der Waals surface area contributed by atoms with E-state index in [2.05, 4.69) is 36.2 Å². The number of hydrogen-bond donors (Lipinski definition) is 0. The van der Waals surface area contributed by atoms with Crippen molar-refractivity contribution in [2.24, 2.45) is 0 Å². The number of benzene rings is 1. The average Bonchev–Trinajstić information content (AvgIpc) is 2.39. The third kappa shape index (κ3) is 3.38.